The van der Waals surface area contributed by atoms with E-state index in [1.54, 1.807) is 6.20 Å². The lowest BCUT2D eigenvalue weighted by Gasteiger charge is -2.30. The number of hydrogen-bond donors (Lipinski definition) is 1. The van der Waals surface area contributed by atoms with E-state index in [2.05, 4.69) is 15.2 Å². The van der Waals surface area contributed by atoms with Crippen LogP contribution in [0.1, 0.15) is 31.2 Å². The standard InChI is InChI=1S/C22H26F2N4O3S/c23-18-3-4-19(24)20(14-18)32(30,31)28-11-6-17(7-12-28)22(29)26-15-16-5-8-25-21(13-16)27-9-1-2-10-27/h3-5,8,13-14,17H,1-2,6-7,9-12,15H2,(H,26,29). The lowest BCUT2D eigenvalue weighted by Crippen LogP contribution is -2.43. The van der Waals surface area contributed by atoms with Crippen molar-refractivity contribution in [2.24, 2.45) is 5.92 Å². The van der Waals surface area contributed by atoms with Gasteiger partial charge in [0.15, 0.2) is 0 Å². The van der Waals surface area contributed by atoms with Gasteiger partial charge in [-0.2, -0.15) is 4.31 Å². The number of carbonyl (C=O) groups excluding carboxylic acids is 1. The molecule has 4 rings (SSSR count). The van der Waals surface area contributed by atoms with Crippen molar-refractivity contribution in [2.75, 3.05) is 31.1 Å². The molecule has 2 fully saturated rings. The molecule has 0 bridgehead atoms. The van der Waals surface area contributed by atoms with Crippen LogP contribution in [0.4, 0.5) is 14.6 Å². The van der Waals surface area contributed by atoms with Crippen molar-refractivity contribution in [3.63, 3.8) is 0 Å². The summed E-state index contributed by atoms with van der Waals surface area (Å²) >= 11 is 0. The average molecular weight is 465 g/mol. The van der Waals surface area contributed by atoms with E-state index < -0.39 is 26.6 Å². The zero-order valence-electron chi connectivity index (χ0n) is 17.6. The van der Waals surface area contributed by atoms with Crippen molar-refractivity contribution in [3.8, 4) is 0 Å². The van der Waals surface area contributed by atoms with Gasteiger partial charge in [-0.05, 0) is 61.6 Å². The molecule has 0 atom stereocenters. The molecule has 1 aromatic heterocycles. The van der Waals surface area contributed by atoms with Crippen LogP contribution in [0.25, 0.3) is 0 Å². The van der Waals surface area contributed by atoms with Crippen molar-refractivity contribution in [1.29, 1.82) is 0 Å². The number of nitrogens with one attached hydrogen (secondary N) is 1. The normalized spacial score (nSPS) is 18.1. The number of hydrogen-bond acceptors (Lipinski definition) is 5. The number of nitrogens with zero attached hydrogens (tertiary/aromatic N) is 3. The van der Waals surface area contributed by atoms with E-state index in [0.29, 0.717) is 25.5 Å². The molecule has 32 heavy (non-hydrogen) atoms. The van der Waals surface area contributed by atoms with Crippen LogP contribution in [0.2, 0.25) is 0 Å². The molecule has 0 spiro atoms. The molecule has 0 aliphatic carbocycles. The average Bonchev–Trinajstić information content (AvgIpc) is 3.34. The number of pyridine rings is 1. The molecule has 2 aromatic rings. The second-order valence-electron chi connectivity index (χ2n) is 8.19. The summed E-state index contributed by atoms with van der Waals surface area (Å²) in [6, 6.07) is 6.21. The van der Waals surface area contributed by atoms with E-state index in [4.69, 9.17) is 0 Å². The number of benzene rings is 1. The molecule has 1 amide bonds. The van der Waals surface area contributed by atoms with E-state index in [0.717, 1.165) is 53.8 Å². The van der Waals surface area contributed by atoms with Gasteiger partial charge in [-0.15, -0.1) is 0 Å². The maximum Gasteiger partial charge on any atom is 0.246 e. The number of sulfonamides is 1. The Labute approximate surface area is 186 Å². The number of anilines is 1. The molecular weight excluding hydrogens is 438 g/mol. The second kappa shape index (κ2) is 9.50. The van der Waals surface area contributed by atoms with Crippen LogP contribution < -0.4 is 10.2 Å². The Morgan fingerprint density at radius 1 is 1.06 bits per heavy atom. The number of amides is 1. The minimum Gasteiger partial charge on any atom is -0.357 e. The van der Waals surface area contributed by atoms with Crippen LogP contribution in [-0.4, -0.2) is 49.8 Å². The number of carbonyl (C=O) groups is 1. The lowest BCUT2D eigenvalue weighted by atomic mass is 9.97. The van der Waals surface area contributed by atoms with Crippen LogP contribution in [0.15, 0.2) is 41.4 Å². The Morgan fingerprint density at radius 3 is 2.50 bits per heavy atom. The molecule has 3 heterocycles. The Kier molecular flexibility index (Phi) is 6.71. The summed E-state index contributed by atoms with van der Waals surface area (Å²) in [5.74, 6) is -1.37. The molecule has 0 unspecified atom stereocenters. The molecule has 2 aliphatic heterocycles. The number of halogens is 2. The summed E-state index contributed by atoms with van der Waals surface area (Å²) in [7, 11) is -4.16. The van der Waals surface area contributed by atoms with Crippen molar-refractivity contribution in [2.45, 2.75) is 37.1 Å². The minimum atomic E-state index is -4.16. The Morgan fingerprint density at radius 2 is 1.78 bits per heavy atom. The highest BCUT2D eigenvalue weighted by molar-refractivity contribution is 7.89. The topological polar surface area (TPSA) is 82.6 Å². The first-order valence-electron chi connectivity index (χ1n) is 10.8. The summed E-state index contributed by atoms with van der Waals surface area (Å²) < 4.78 is 53.9. The first-order valence-corrected chi connectivity index (χ1v) is 12.2. The molecule has 1 N–H and O–H groups in total. The van der Waals surface area contributed by atoms with Crippen molar-refractivity contribution in [3.05, 3.63) is 53.7 Å². The fourth-order valence-corrected chi connectivity index (χ4v) is 5.74. The van der Waals surface area contributed by atoms with Gasteiger partial charge in [0.05, 0.1) is 0 Å². The van der Waals surface area contributed by atoms with E-state index in [1.165, 1.54) is 0 Å². The minimum absolute atomic E-state index is 0.0741. The SMILES string of the molecule is O=C(NCc1ccnc(N2CCCC2)c1)C1CCN(S(=O)(=O)c2cc(F)ccc2F)CC1. The van der Waals surface area contributed by atoms with Gasteiger partial charge in [-0.3, -0.25) is 4.79 Å². The van der Waals surface area contributed by atoms with Crippen molar-refractivity contribution < 1.29 is 22.0 Å². The first kappa shape index (κ1) is 22.6. The molecule has 2 aliphatic rings. The summed E-state index contributed by atoms with van der Waals surface area (Å²) in [5.41, 5.74) is 0.955. The largest absolute Gasteiger partial charge is 0.357 e. The van der Waals surface area contributed by atoms with Gasteiger partial charge in [0.1, 0.15) is 22.3 Å². The summed E-state index contributed by atoms with van der Waals surface area (Å²) in [5, 5.41) is 2.93. The fraction of sp³-hybridized carbons (Fsp3) is 0.455. The zero-order chi connectivity index (χ0) is 22.7. The molecule has 0 saturated carbocycles. The highest BCUT2D eigenvalue weighted by Crippen LogP contribution is 2.26. The third-order valence-corrected chi connectivity index (χ3v) is 7.96. The Bertz CT molecular complexity index is 1080. The smallest absolute Gasteiger partial charge is 0.246 e. The molecule has 172 valence electrons. The number of piperidine rings is 1. The quantitative estimate of drug-likeness (QED) is 0.711. The second-order valence-corrected chi connectivity index (χ2v) is 10.1. The van der Waals surface area contributed by atoms with Gasteiger partial charge in [0, 0.05) is 44.8 Å². The molecule has 10 heteroatoms. The van der Waals surface area contributed by atoms with Crippen molar-refractivity contribution in [1.82, 2.24) is 14.6 Å². The van der Waals surface area contributed by atoms with Gasteiger partial charge < -0.3 is 10.2 Å². The van der Waals surface area contributed by atoms with Crippen LogP contribution in [0, 0.1) is 17.6 Å². The highest BCUT2D eigenvalue weighted by atomic mass is 32.2. The Hall–Kier alpha value is -2.59. The van der Waals surface area contributed by atoms with E-state index in [1.807, 2.05) is 12.1 Å². The summed E-state index contributed by atoms with van der Waals surface area (Å²) in [4.78, 5) is 18.6. The zero-order valence-corrected chi connectivity index (χ0v) is 18.5. The molecule has 0 radical (unpaired) electrons. The maximum atomic E-state index is 14.0. The summed E-state index contributed by atoms with van der Waals surface area (Å²) in [6.07, 6.45) is 4.69. The first-order chi connectivity index (χ1) is 15.3. The molecule has 7 nitrogen and oxygen atoms in total. The predicted octanol–water partition coefficient (Wildman–Crippen LogP) is 2.68. The van der Waals surface area contributed by atoms with E-state index >= 15 is 0 Å². The van der Waals surface area contributed by atoms with Gasteiger partial charge in [-0.1, -0.05) is 0 Å². The molecule has 2 saturated heterocycles. The monoisotopic (exact) mass is 464 g/mol. The lowest BCUT2D eigenvalue weighted by molar-refractivity contribution is -0.126. The fourth-order valence-electron chi connectivity index (χ4n) is 4.20. The van der Waals surface area contributed by atoms with Gasteiger partial charge in [-0.25, -0.2) is 22.2 Å². The maximum absolute atomic E-state index is 14.0. The third kappa shape index (κ3) is 4.91. The van der Waals surface area contributed by atoms with Crippen LogP contribution in [0.5, 0.6) is 0 Å². The van der Waals surface area contributed by atoms with Crippen LogP contribution >= 0.6 is 0 Å². The Balaban J connectivity index is 1.32. The van der Waals surface area contributed by atoms with Gasteiger partial charge in [0.25, 0.3) is 0 Å². The van der Waals surface area contributed by atoms with Gasteiger partial charge >= 0.3 is 0 Å². The van der Waals surface area contributed by atoms with Gasteiger partial charge in [0.2, 0.25) is 15.9 Å². The molecule has 1 aromatic carbocycles. The number of aromatic nitrogens is 1. The van der Waals surface area contributed by atoms with Crippen LogP contribution in [0.3, 0.4) is 0 Å². The van der Waals surface area contributed by atoms with E-state index in [-0.39, 0.29) is 24.9 Å². The molecular formula is C22H26F2N4O3S. The third-order valence-electron chi connectivity index (χ3n) is 6.04. The van der Waals surface area contributed by atoms with Crippen molar-refractivity contribution >= 4 is 21.7 Å². The number of rotatable bonds is 6. The van der Waals surface area contributed by atoms with E-state index in [9.17, 15) is 22.0 Å². The van der Waals surface area contributed by atoms with Crippen LogP contribution in [-0.2, 0) is 21.4 Å². The highest BCUT2D eigenvalue weighted by Gasteiger charge is 2.33. The predicted molar refractivity (Wildman–Crippen MR) is 115 cm³/mol. The summed E-state index contributed by atoms with van der Waals surface area (Å²) in [6.45, 7) is 2.50.